The van der Waals surface area contributed by atoms with Crippen molar-refractivity contribution in [2.24, 2.45) is 10.2 Å². The summed E-state index contributed by atoms with van der Waals surface area (Å²) in [6, 6.07) is 16.2. The van der Waals surface area contributed by atoms with Gasteiger partial charge in [-0.3, -0.25) is 9.59 Å². The molecule has 2 rings (SSSR count). The Kier molecular flexibility index (Phi) is 20.2. The molecular formula is C36H50N6O4S4. The van der Waals surface area contributed by atoms with Crippen LogP contribution in [0.15, 0.2) is 46.6 Å². The van der Waals surface area contributed by atoms with E-state index in [0.717, 1.165) is 59.4 Å². The van der Waals surface area contributed by atoms with E-state index in [1.165, 1.54) is 0 Å². The molecule has 0 heterocycles. The summed E-state index contributed by atoms with van der Waals surface area (Å²) in [5.41, 5.74) is 1.73. The number of rotatable bonds is 24. The molecule has 0 bridgehead atoms. The second-order valence-corrected chi connectivity index (χ2v) is 13.7. The van der Waals surface area contributed by atoms with Gasteiger partial charge in [0, 0.05) is 48.9 Å². The molecule has 0 radical (unpaired) electrons. The summed E-state index contributed by atoms with van der Waals surface area (Å²) < 4.78 is 11.7. The maximum absolute atomic E-state index is 12.4. The molecule has 2 amide bonds. The van der Waals surface area contributed by atoms with Crippen LogP contribution in [0.1, 0.15) is 87.5 Å². The lowest BCUT2D eigenvalue weighted by molar-refractivity contribution is -0.122. The van der Waals surface area contributed by atoms with Crippen molar-refractivity contribution >= 4 is 62.3 Å². The van der Waals surface area contributed by atoms with E-state index in [9.17, 15) is 20.1 Å². The van der Waals surface area contributed by atoms with E-state index in [0.29, 0.717) is 49.3 Å². The van der Waals surface area contributed by atoms with Crippen LogP contribution in [0, 0.1) is 22.7 Å². The number of nitriles is 2. The number of thiol groups is 4. The van der Waals surface area contributed by atoms with Crippen molar-refractivity contribution in [3.8, 4) is 23.6 Å². The monoisotopic (exact) mass is 758 g/mol. The molecule has 272 valence electrons. The summed E-state index contributed by atoms with van der Waals surface area (Å²) in [4.78, 5) is 24.9. The minimum absolute atomic E-state index is 0.0814. The Morgan fingerprint density at radius 2 is 0.980 bits per heavy atom. The van der Waals surface area contributed by atoms with Crippen molar-refractivity contribution in [3.05, 3.63) is 58.7 Å². The van der Waals surface area contributed by atoms with Gasteiger partial charge in [-0.1, -0.05) is 12.1 Å². The maximum atomic E-state index is 12.4. The van der Waals surface area contributed by atoms with E-state index in [2.05, 4.69) is 95.6 Å². The predicted molar refractivity (Wildman–Crippen MR) is 210 cm³/mol. The van der Waals surface area contributed by atoms with Gasteiger partial charge in [0.25, 0.3) is 0 Å². The van der Waals surface area contributed by atoms with Gasteiger partial charge in [0.15, 0.2) is 11.1 Å². The van der Waals surface area contributed by atoms with Crippen LogP contribution in [0.3, 0.4) is 0 Å². The van der Waals surface area contributed by atoms with Gasteiger partial charge in [0.05, 0.1) is 25.4 Å². The van der Waals surface area contributed by atoms with Crippen molar-refractivity contribution in [3.63, 3.8) is 0 Å². The first-order valence-corrected chi connectivity index (χ1v) is 19.3. The Morgan fingerprint density at radius 3 is 1.28 bits per heavy atom. The zero-order valence-electron chi connectivity index (χ0n) is 29.0. The minimum Gasteiger partial charge on any atom is -0.494 e. The fourth-order valence-corrected chi connectivity index (χ4v) is 5.38. The molecule has 0 fully saturated rings. The van der Waals surface area contributed by atoms with Crippen molar-refractivity contribution in [2.75, 3.05) is 26.3 Å². The Hall–Kier alpha value is -3.04. The lowest BCUT2D eigenvalue weighted by Gasteiger charge is -2.19. The van der Waals surface area contributed by atoms with Crippen LogP contribution in [0.2, 0.25) is 0 Å². The standard InChI is InChI=1S/C36H50N6O4S4/c1-35(25-37,9-7-33(43)39-11-3-5-13-45-31-17-27(21-47)15-28(18-31)22-48)41-42-36(2,26-38)10-8-34(44)40-12-4-6-14-46-32-19-29(23-49)16-30(20-32)24-50/h15-20,47-50H,3-14,21-24H2,1-2H3,(H,39,43)(H,40,44). The molecule has 2 aromatic rings. The van der Waals surface area contributed by atoms with E-state index < -0.39 is 11.1 Å². The molecule has 0 saturated heterocycles. The van der Waals surface area contributed by atoms with Crippen LogP contribution in [0.25, 0.3) is 0 Å². The number of unbranched alkanes of at least 4 members (excludes halogenated alkanes) is 2. The largest absolute Gasteiger partial charge is 0.494 e. The third-order valence-electron chi connectivity index (χ3n) is 7.76. The van der Waals surface area contributed by atoms with Crippen LogP contribution in [-0.4, -0.2) is 49.2 Å². The fourth-order valence-electron chi connectivity index (χ4n) is 4.65. The third-order valence-corrected chi connectivity index (χ3v) is 9.22. The van der Waals surface area contributed by atoms with Crippen LogP contribution in [0.5, 0.6) is 11.5 Å². The molecule has 2 aromatic carbocycles. The summed E-state index contributed by atoms with van der Waals surface area (Å²) in [5.74, 6) is 3.67. The Balaban J connectivity index is 1.66. The molecule has 0 aromatic heterocycles. The molecule has 0 spiro atoms. The van der Waals surface area contributed by atoms with Crippen LogP contribution >= 0.6 is 50.5 Å². The fraction of sp³-hybridized carbons (Fsp3) is 0.556. The highest BCUT2D eigenvalue weighted by molar-refractivity contribution is 7.79. The number of ether oxygens (including phenoxy) is 2. The Labute approximate surface area is 319 Å². The van der Waals surface area contributed by atoms with Gasteiger partial charge in [-0.25, -0.2) is 0 Å². The number of carbonyl (C=O) groups is 2. The highest BCUT2D eigenvalue weighted by atomic mass is 32.1. The van der Waals surface area contributed by atoms with E-state index in [1.807, 2.05) is 24.3 Å². The topological polar surface area (TPSA) is 149 Å². The van der Waals surface area contributed by atoms with Crippen molar-refractivity contribution in [1.29, 1.82) is 10.5 Å². The van der Waals surface area contributed by atoms with E-state index >= 15 is 0 Å². The van der Waals surface area contributed by atoms with E-state index in [4.69, 9.17) is 9.47 Å². The predicted octanol–water partition coefficient (Wildman–Crippen LogP) is 7.23. The van der Waals surface area contributed by atoms with Crippen molar-refractivity contribution < 1.29 is 19.1 Å². The Bertz CT molecular complexity index is 1340. The second-order valence-electron chi connectivity index (χ2n) is 12.4. The van der Waals surface area contributed by atoms with Gasteiger partial charge in [-0.05, 0) is 98.9 Å². The third kappa shape index (κ3) is 16.8. The number of amides is 2. The van der Waals surface area contributed by atoms with E-state index in [1.54, 1.807) is 13.8 Å². The van der Waals surface area contributed by atoms with Crippen molar-refractivity contribution in [2.45, 2.75) is 99.3 Å². The average Bonchev–Trinajstić information content (AvgIpc) is 3.14. The molecule has 2 unspecified atom stereocenters. The number of nitrogens with one attached hydrogen (secondary N) is 2. The second kappa shape index (κ2) is 23.4. The lowest BCUT2D eigenvalue weighted by Crippen LogP contribution is -2.30. The van der Waals surface area contributed by atoms with Gasteiger partial charge in [-0.15, -0.1) is 0 Å². The number of carbonyl (C=O) groups excluding carboxylic acids is 2. The van der Waals surface area contributed by atoms with Gasteiger partial charge in [-0.2, -0.15) is 71.3 Å². The molecule has 2 N–H and O–H groups in total. The molecule has 10 nitrogen and oxygen atoms in total. The summed E-state index contributed by atoms with van der Waals surface area (Å²) in [6.07, 6.45) is 3.43. The summed E-state index contributed by atoms with van der Waals surface area (Å²) in [5, 5.41) is 33.6. The summed E-state index contributed by atoms with van der Waals surface area (Å²) in [6.45, 7) is 5.16. The molecule has 0 saturated carbocycles. The first-order chi connectivity index (χ1) is 24.0. The first-order valence-electron chi connectivity index (χ1n) is 16.8. The van der Waals surface area contributed by atoms with Gasteiger partial charge < -0.3 is 20.1 Å². The molecule has 0 aliphatic rings. The quantitative estimate of drug-likeness (QED) is 0.0378. The molecule has 2 atom stereocenters. The van der Waals surface area contributed by atoms with Crippen LogP contribution in [-0.2, 0) is 32.6 Å². The molecule has 0 aliphatic heterocycles. The number of hydrogen-bond donors (Lipinski definition) is 6. The molecular weight excluding hydrogens is 709 g/mol. The van der Waals surface area contributed by atoms with Crippen LogP contribution < -0.4 is 20.1 Å². The van der Waals surface area contributed by atoms with Gasteiger partial charge in [0.1, 0.15) is 11.5 Å². The highest BCUT2D eigenvalue weighted by Gasteiger charge is 2.29. The minimum atomic E-state index is -1.29. The number of hydrogen-bond acceptors (Lipinski definition) is 12. The molecule has 14 heteroatoms. The zero-order chi connectivity index (χ0) is 36.8. The van der Waals surface area contributed by atoms with Gasteiger partial charge >= 0.3 is 0 Å². The number of nitrogens with zero attached hydrogens (tertiary/aromatic N) is 4. The van der Waals surface area contributed by atoms with Crippen molar-refractivity contribution in [1.82, 2.24) is 10.6 Å². The van der Waals surface area contributed by atoms with E-state index in [-0.39, 0.29) is 37.5 Å². The molecule has 50 heavy (non-hydrogen) atoms. The van der Waals surface area contributed by atoms with Gasteiger partial charge in [0.2, 0.25) is 11.8 Å². The number of benzene rings is 2. The smallest absolute Gasteiger partial charge is 0.220 e. The maximum Gasteiger partial charge on any atom is 0.220 e. The zero-order valence-corrected chi connectivity index (χ0v) is 32.6. The average molecular weight is 759 g/mol. The summed E-state index contributed by atoms with van der Waals surface area (Å²) in [7, 11) is 0. The summed E-state index contributed by atoms with van der Waals surface area (Å²) >= 11 is 17.3. The first kappa shape index (κ1) is 43.1. The highest BCUT2D eigenvalue weighted by Crippen LogP contribution is 2.24. The SMILES string of the molecule is CC(C#N)(CCC(=O)NCCCCOc1cc(CS)cc(CS)c1)N=NC(C)(C#N)CCC(=O)NCCCCOc1cc(CS)cc(CS)c1. The Morgan fingerprint density at radius 1 is 0.640 bits per heavy atom. The molecule has 0 aliphatic carbocycles. The number of azo groups is 1. The van der Waals surface area contributed by atoms with Crippen LogP contribution in [0.4, 0.5) is 0 Å². The lowest BCUT2D eigenvalue weighted by atomic mass is 9.97. The normalized spacial score (nSPS) is 13.4.